The monoisotopic (exact) mass is 492 g/mol. The normalized spacial score (nSPS) is 12.2. The van der Waals surface area contributed by atoms with Gasteiger partial charge in [-0.25, -0.2) is 13.2 Å². The third-order valence-corrected chi connectivity index (χ3v) is 7.32. The quantitative estimate of drug-likeness (QED) is 0.422. The van der Waals surface area contributed by atoms with Crippen molar-refractivity contribution >= 4 is 43.3 Å². The third kappa shape index (κ3) is 5.86. The van der Waals surface area contributed by atoms with Gasteiger partial charge in [-0.05, 0) is 49.4 Å². The lowest BCUT2D eigenvalue weighted by Crippen LogP contribution is -2.22. The van der Waals surface area contributed by atoms with Crippen molar-refractivity contribution in [2.75, 3.05) is 33.2 Å². The molecular weight excluding hydrogens is 468 g/mol. The van der Waals surface area contributed by atoms with Crippen molar-refractivity contribution in [3.8, 4) is 5.75 Å². The fourth-order valence-electron chi connectivity index (χ4n) is 3.07. The highest BCUT2D eigenvalue weighted by molar-refractivity contribution is 7.92. The molecule has 1 heterocycles. The maximum atomic E-state index is 12.6. The molecule has 0 aliphatic heterocycles. The van der Waals surface area contributed by atoms with Crippen LogP contribution in [0.4, 0.5) is 0 Å². The van der Waals surface area contributed by atoms with Crippen LogP contribution in [0.15, 0.2) is 52.4 Å². The Morgan fingerprint density at radius 2 is 1.82 bits per heavy atom. The highest BCUT2D eigenvalue weighted by Crippen LogP contribution is 2.21. The topological polar surface area (TPSA) is 113 Å². The minimum atomic E-state index is -3.88. The molecule has 33 heavy (non-hydrogen) atoms. The molecule has 0 aliphatic rings. The fraction of sp³-hybridized carbons (Fsp3) is 0.318. The summed E-state index contributed by atoms with van der Waals surface area (Å²) in [5.41, 5.74) is 1.12. The number of sulfone groups is 1. The van der Waals surface area contributed by atoms with E-state index in [4.69, 9.17) is 14.2 Å². The van der Waals surface area contributed by atoms with Crippen LogP contribution >= 0.6 is 11.3 Å². The fourth-order valence-corrected chi connectivity index (χ4v) is 5.29. The van der Waals surface area contributed by atoms with E-state index in [1.54, 1.807) is 36.8 Å². The van der Waals surface area contributed by atoms with Gasteiger partial charge in [0.2, 0.25) is 0 Å². The molecule has 0 aliphatic carbocycles. The third-order valence-electron chi connectivity index (χ3n) is 4.67. The van der Waals surface area contributed by atoms with Gasteiger partial charge in [0.05, 0.1) is 41.0 Å². The summed E-state index contributed by atoms with van der Waals surface area (Å²) in [6, 6.07) is 10.8. The van der Waals surface area contributed by atoms with Crippen LogP contribution in [0.3, 0.4) is 0 Å². The first-order valence-electron chi connectivity index (χ1n) is 10.0. The van der Waals surface area contributed by atoms with Crippen molar-refractivity contribution in [1.29, 1.82) is 0 Å². The predicted octanol–water partition coefficient (Wildman–Crippen LogP) is 2.44. The molecule has 9 nitrogen and oxygen atoms in total. The SMILES string of the molecule is CCOC(=O)c1ccc2c(c1)sc(=NC(=O)CS(=O)(=O)c1ccc(OC)cc1)n2CCOC. The Morgan fingerprint density at radius 1 is 1.09 bits per heavy atom. The Labute approximate surface area is 195 Å². The molecule has 2 aromatic carbocycles. The second-order valence-corrected chi connectivity index (χ2v) is 9.87. The van der Waals surface area contributed by atoms with E-state index in [2.05, 4.69) is 4.99 Å². The Hall–Kier alpha value is -3.02. The molecule has 176 valence electrons. The Bertz CT molecular complexity index is 1320. The summed E-state index contributed by atoms with van der Waals surface area (Å²) in [5, 5.41) is 0. The lowest BCUT2D eigenvalue weighted by atomic mass is 10.2. The van der Waals surface area contributed by atoms with E-state index in [0.717, 1.165) is 5.52 Å². The minimum absolute atomic E-state index is 0.00882. The number of carbonyl (C=O) groups excluding carboxylic acids is 2. The maximum Gasteiger partial charge on any atom is 0.338 e. The zero-order valence-corrected chi connectivity index (χ0v) is 20.1. The number of esters is 1. The van der Waals surface area contributed by atoms with Crippen molar-refractivity contribution in [2.45, 2.75) is 18.4 Å². The lowest BCUT2D eigenvalue weighted by Gasteiger charge is -2.06. The molecule has 0 saturated heterocycles. The second kappa shape index (κ2) is 10.7. The summed E-state index contributed by atoms with van der Waals surface area (Å²) in [5.74, 6) is -1.51. The zero-order chi connectivity index (χ0) is 24.0. The van der Waals surface area contributed by atoms with Crippen molar-refractivity contribution in [3.05, 3.63) is 52.8 Å². The first kappa shape index (κ1) is 24.6. The summed E-state index contributed by atoms with van der Waals surface area (Å²) in [6.07, 6.45) is 0. The van der Waals surface area contributed by atoms with E-state index < -0.39 is 27.5 Å². The molecule has 0 bridgehead atoms. The predicted molar refractivity (Wildman–Crippen MR) is 123 cm³/mol. The number of hydrogen-bond acceptors (Lipinski definition) is 8. The molecule has 0 N–H and O–H groups in total. The molecule has 3 aromatic rings. The molecular formula is C22H24N2O7S2. The smallest absolute Gasteiger partial charge is 0.338 e. The molecule has 0 saturated carbocycles. The van der Waals surface area contributed by atoms with Gasteiger partial charge in [-0.15, -0.1) is 0 Å². The van der Waals surface area contributed by atoms with Gasteiger partial charge in [0, 0.05) is 13.7 Å². The molecule has 3 rings (SSSR count). The van der Waals surface area contributed by atoms with Crippen molar-refractivity contribution in [3.63, 3.8) is 0 Å². The number of nitrogens with zero attached hydrogens (tertiary/aromatic N) is 2. The highest BCUT2D eigenvalue weighted by Gasteiger charge is 2.20. The first-order valence-corrected chi connectivity index (χ1v) is 12.5. The largest absolute Gasteiger partial charge is 0.497 e. The maximum absolute atomic E-state index is 12.6. The van der Waals surface area contributed by atoms with E-state index in [1.807, 2.05) is 0 Å². The van der Waals surface area contributed by atoms with E-state index >= 15 is 0 Å². The van der Waals surface area contributed by atoms with Crippen molar-refractivity contribution in [2.24, 2.45) is 4.99 Å². The Kier molecular flexibility index (Phi) is 8.01. The molecule has 0 radical (unpaired) electrons. The van der Waals surface area contributed by atoms with Crippen molar-refractivity contribution in [1.82, 2.24) is 4.57 Å². The number of rotatable bonds is 9. The molecule has 0 unspecified atom stereocenters. The second-order valence-electron chi connectivity index (χ2n) is 6.87. The lowest BCUT2D eigenvalue weighted by molar-refractivity contribution is -0.115. The number of aromatic nitrogens is 1. The van der Waals surface area contributed by atoms with Gasteiger partial charge in [0.25, 0.3) is 5.91 Å². The molecule has 0 spiro atoms. The van der Waals surface area contributed by atoms with Crippen molar-refractivity contribution < 1.29 is 32.2 Å². The molecule has 11 heteroatoms. The Balaban J connectivity index is 1.96. The van der Waals surface area contributed by atoms with Crippen LogP contribution in [-0.2, 0) is 30.7 Å². The van der Waals surface area contributed by atoms with Gasteiger partial charge in [-0.2, -0.15) is 4.99 Å². The van der Waals surface area contributed by atoms with Gasteiger partial charge in [0.1, 0.15) is 11.5 Å². The van der Waals surface area contributed by atoms with Crippen LogP contribution in [0.25, 0.3) is 10.2 Å². The van der Waals surface area contributed by atoms with Gasteiger partial charge in [0.15, 0.2) is 14.6 Å². The Morgan fingerprint density at radius 3 is 2.45 bits per heavy atom. The van der Waals surface area contributed by atoms with Gasteiger partial charge >= 0.3 is 5.97 Å². The standard InChI is InChI=1S/C22H24N2O7S2/c1-4-31-21(26)15-5-10-18-19(13-15)32-22(24(18)11-12-29-2)23-20(25)14-33(27,28)17-8-6-16(30-3)7-9-17/h5-10,13H,4,11-12,14H2,1-3H3. The average molecular weight is 493 g/mol. The average Bonchev–Trinajstić information content (AvgIpc) is 3.13. The van der Waals surface area contributed by atoms with E-state index in [-0.39, 0.29) is 11.5 Å². The van der Waals surface area contributed by atoms with Gasteiger partial charge in [-0.1, -0.05) is 11.3 Å². The summed E-state index contributed by atoms with van der Waals surface area (Å²) >= 11 is 1.18. The van der Waals surface area contributed by atoms with E-state index in [9.17, 15) is 18.0 Å². The number of hydrogen-bond donors (Lipinski definition) is 0. The van der Waals surface area contributed by atoms with Crippen LogP contribution < -0.4 is 9.54 Å². The van der Waals surface area contributed by atoms with Crippen LogP contribution in [-0.4, -0.2) is 58.0 Å². The molecule has 0 fully saturated rings. The summed E-state index contributed by atoms with van der Waals surface area (Å²) in [4.78, 5) is 29.1. The number of benzene rings is 2. The summed E-state index contributed by atoms with van der Waals surface area (Å²) < 4.78 is 43.0. The van der Waals surface area contributed by atoms with E-state index in [0.29, 0.717) is 34.0 Å². The summed E-state index contributed by atoms with van der Waals surface area (Å²) in [6.45, 7) is 2.74. The first-order chi connectivity index (χ1) is 15.8. The number of fused-ring (bicyclic) bond motifs is 1. The van der Waals surface area contributed by atoms with Gasteiger partial charge in [-0.3, -0.25) is 4.79 Å². The highest BCUT2D eigenvalue weighted by atomic mass is 32.2. The van der Waals surface area contributed by atoms with Crippen LogP contribution in [0, 0.1) is 0 Å². The number of thiazole rings is 1. The number of carbonyl (C=O) groups is 2. The molecule has 0 atom stereocenters. The van der Waals surface area contributed by atoms with E-state index in [1.165, 1.54) is 42.7 Å². The van der Waals surface area contributed by atoms with Gasteiger partial charge < -0.3 is 18.8 Å². The molecule has 1 amide bonds. The minimum Gasteiger partial charge on any atom is -0.497 e. The van der Waals surface area contributed by atoms with Crippen LogP contribution in [0.1, 0.15) is 17.3 Å². The summed E-state index contributed by atoms with van der Waals surface area (Å²) in [7, 11) is -0.848. The zero-order valence-electron chi connectivity index (χ0n) is 18.4. The molecule has 1 aromatic heterocycles. The number of amides is 1. The number of ether oxygens (including phenoxy) is 3. The number of methoxy groups -OCH3 is 2. The van der Waals surface area contributed by atoms with Crippen LogP contribution in [0.2, 0.25) is 0 Å². The van der Waals surface area contributed by atoms with Crippen LogP contribution in [0.5, 0.6) is 5.75 Å².